The van der Waals surface area contributed by atoms with Gasteiger partial charge < -0.3 is 4.74 Å². The predicted molar refractivity (Wildman–Crippen MR) is 60.8 cm³/mol. The largest absolute Gasteiger partial charge is 0.457 e. The van der Waals surface area contributed by atoms with E-state index in [2.05, 4.69) is 4.98 Å². The number of nitrogens with zero attached hydrogens (tertiary/aromatic N) is 1. The van der Waals surface area contributed by atoms with Crippen molar-refractivity contribution < 1.29 is 4.74 Å². The molecule has 0 fully saturated rings. The lowest BCUT2D eigenvalue weighted by Gasteiger charge is -2.04. The van der Waals surface area contributed by atoms with Gasteiger partial charge in [0.15, 0.2) is 0 Å². The van der Waals surface area contributed by atoms with Gasteiger partial charge in [0.25, 0.3) is 0 Å². The summed E-state index contributed by atoms with van der Waals surface area (Å²) < 4.78 is 5.53. The van der Waals surface area contributed by atoms with Crippen molar-refractivity contribution in [3.8, 4) is 11.5 Å². The number of ether oxygens (including phenoxy) is 1. The van der Waals surface area contributed by atoms with Gasteiger partial charge in [0.2, 0.25) is 0 Å². The third-order valence-electron chi connectivity index (χ3n) is 1.75. The molecule has 2 nitrogen and oxygen atoms in total. The van der Waals surface area contributed by atoms with E-state index in [1.54, 1.807) is 42.6 Å². The maximum absolute atomic E-state index is 5.75. The Morgan fingerprint density at radius 3 is 2.33 bits per heavy atom. The molecule has 0 N–H and O–H groups in total. The molecule has 2 rings (SSSR count). The van der Waals surface area contributed by atoms with Gasteiger partial charge in [-0.3, -0.25) is 0 Å². The first-order valence-electron chi connectivity index (χ1n) is 4.29. The fourth-order valence-electron chi connectivity index (χ4n) is 1.09. The molecule has 0 saturated carbocycles. The number of aromatic nitrogens is 1. The predicted octanol–water partition coefficient (Wildman–Crippen LogP) is 4.18. The van der Waals surface area contributed by atoms with Gasteiger partial charge in [0, 0.05) is 17.3 Å². The highest BCUT2D eigenvalue weighted by atomic mass is 35.5. The number of hydrogen-bond acceptors (Lipinski definition) is 2. The second-order valence-electron chi connectivity index (χ2n) is 2.87. The Balaban J connectivity index is 2.18. The van der Waals surface area contributed by atoms with E-state index in [9.17, 15) is 0 Å². The number of rotatable bonds is 2. The van der Waals surface area contributed by atoms with Crippen LogP contribution in [0.15, 0.2) is 42.6 Å². The lowest BCUT2D eigenvalue weighted by atomic mass is 10.3. The summed E-state index contributed by atoms with van der Waals surface area (Å²) in [5, 5.41) is 1.08. The first-order chi connectivity index (χ1) is 7.24. The second kappa shape index (κ2) is 4.51. The molecule has 0 saturated heterocycles. The van der Waals surface area contributed by atoms with Crippen molar-refractivity contribution >= 4 is 23.2 Å². The lowest BCUT2D eigenvalue weighted by molar-refractivity contribution is 0.482. The van der Waals surface area contributed by atoms with Crippen LogP contribution in [-0.2, 0) is 0 Å². The van der Waals surface area contributed by atoms with Crippen LogP contribution in [0.5, 0.6) is 11.5 Å². The van der Waals surface area contributed by atoms with Crippen molar-refractivity contribution in [3.63, 3.8) is 0 Å². The van der Waals surface area contributed by atoms with Crippen molar-refractivity contribution in [2.75, 3.05) is 0 Å². The summed E-state index contributed by atoms with van der Waals surface area (Å²) in [7, 11) is 0. The number of hydrogen-bond donors (Lipinski definition) is 0. The van der Waals surface area contributed by atoms with Crippen LogP contribution < -0.4 is 4.74 Å². The minimum absolute atomic E-state index is 0.404. The lowest BCUT2D eigenvalue weighted by Crippen LogP contribution is -1.84. The fraction of sp³-hybridized carbons (Fsp3) is 0. The Labute approximate surface area is 97.4 Å². The molecule has 1 aromatic carbocycles. The molecule has 4 heteroatoms. The molecule has 0 atom stereocenters. The third-order valence-corrected chi connectivity index (χ3v) is 2.21. The van der Waals surface area contributed by atoms with Crippen molar-refractivity contribution in [3.05, 3.63) is 52.8 Å². The molecule has 1 aromatic heterocycles. The Kier molecular flexibility index (Phi) is 3.09. The van der Waals surface area contributed by atoms with E-state index in [-0.39, 0.29) is 0 Å². The number of pyridine rings is 1. The van der Waals surface area contributed by atoms with Crippen LogP contribution in [0.4, 0.5) is 0 Å². The highest BCUT2D eigenvalue weighted by Crippen LogP contribution is 2.23. The van der Waals surface area contributed by atoms with Gasteiger partial charge in [-0.2, -0.15) is 0 Å². The molecule has 0 spiro atoms. The maximum Gasteiger partial charge on any atom is 0.132 e. The SMILES string of the molecule is Clc1ccc(Oc2ccnc(Cl)c2)cc1. The molecule has 0 aliphatic carbocycles. The molecular weight excluding hydrogens is 233 g/mol. The van der Waals surface area contributed by atoms with Gasteiger partial charge in [0.05, 0.1) is 0 Å². The average Bonchev–Trinajstić information content (AvgIpc) is 2.22. The highest BCUT2D eigenvalue weighted by molar-refractivity contribution is 6.30. The summed E-state index contributed by atoms with van der Waals surface area (Å²) in [6.45, 7) is 0. The molecular formula is C11H7Cl2NO. The van der Waals surface area contributed by atoms with Gasteiger partial charge in [0.1, 0.15) is 16.7 Å². The fourth-order valence-corrected chi connectivity index (χ4v) is 1.38. The molecule has 76 valence electrons. The zero-order chi connectivity index (χ0) is 10.7. The van der Waals surface area contributed by atoms with Crippen LogP contribution in [0.2, 0.25) is 10.2 Å². The third kappa shape index (κ3) is 2.85. The molecule has 0 unspecified atom stereocenters. The molecule has 0 aliphatic rings. The Morgan fingerprint density at radius 1 is 0.933 bits per heavy atom. The topological polar surface area (TPSA) is 22.1 Å². The minimum Gasteiger partial charge on any atom is -0.457 e. The van der Waals surface area contributed by atoms with E-state index in [1.165, 1.54) is 0 Å². The van der Waals surface area contributed by atoms with Crippen molar-refractivity contribution in [2.45, 2.75) is 0 Å². The smallest absolute Gasteiger partial charge is 0.132 e. The van der Waals surface area contributed by atoms with Gasteiger partial charge in [-0.15, -0.1) is 0 Å². The first kappa shape index (κ1) is 10.3. The zero-order valence-corrected chi connectivity index (χ0v) is 9.16. The first-order valence-corrected chi connectivity index (χ1v) is 5.04. The summed E-state index contributed by atoms with van der Waals surface area (Å²) in [6.07, 6.45) is 1.59. The van der Waals surface area contributed by atoms with Gasteiger partial charge in [-0.05, 0) is 30.3 Å². The summed E-state index contributed by atoms with van der Waals surface area (Å²) in [4.78, 5) is 3.86. The number of halogens is 2. The summed E-state index contributed by atoms with van der Waals surface area (Å²) in [5.74, 6) is 1.36. The molecule has 0 amide bonds. The Bertz CT molecular complexity index is 456. The van der Waals surface area contributed by atoms with Crippen LogP contribution in [0, 0.1) is 0 Å². The van der Waals surface area contributed by atoms with Crippen molar-refractivity contribution in [1.82, 2.24) is 4.98 Å². The monoisotopic (exact) mass is 239 g/mol. The molecule has 1 heterocycles. The minimum atomic E-state index is 0.404. The van der Waals surface area contributed by atoms with Crippen LogP contribution in [0.1, 0.15) is 0 Å². The highest BCUT2D eigenvalue weighted by Gasteiger charge is 1.98. The summed E-state index contributed by atoms with van der Waals surface area (Å²) in [6, 6.07) is 10.5. The van der Waals surface area contributed by atoms with Crippen LogP contribution in [0.3, 0.4) is 0 Å². The van der Waals surface area contributed by atoms with Crippen LogP contribution in [-0.4, -0.2) is 4.98 Å². The Morgan fingerprint density at radius 2 is 1.67 bits per heavy atom. The molecule has 15 heavy (non-hydrogen) atoms. The molecule has 2 aromatic rings. The van der Waals surface area contributed by atoms with Crippen molar-refractivity contribution in [2.24, 2.45) is 0 Å². The van der Waals surface area contributed by atoms with Gasteiger partial charge in [-0.1, -0.05) is 23.2 Å². The summed E-state index contributed by atoms with van der Waals surface area (Å²) in [5.41, 5.74) is 0. The molecule has 0 bridgehead atoms. The van der Waals surface area contributed by atoms with Gasteiger partial charge in [-0.25, -0.2) is 4.98 Å². The normalized spacial score (nSPS) is 10.0. The van der Waals surface area contributed by atoms with Crippen LogP contribution in [0.25, 0.3) is 0 Å². The Hall–Kier alpha value is -1.25. The number of benzene rings is 1. The zero-order valence-electron chi connectivity index (χ0n) is 7.65. The maximum atomic E-state index is 5.75. The van der Waals surface area contributed by atoms with Crippen molar-refractivity contribution in [1.29, 1.82) is 0 Å². The van der Waals surface area contributed by atoms with Gasteiger partial charge >= 0.3 is 0 Å². The van der Waals surface area contributed by atoms with E-state index < -0.39 is 0 Å². The molecule has 0 radical (unpaired) electrons. The molecule has 0 aliphatic heterocycles. The van der Waals surface area contributed by atoms with E-state index in [4.69, 9.17) is 27.9 Å². The average molecular weight is 240 g/mol. The summed E-state index contributed by atoms with van der Waals surface area (Å²) >= 11 is 11.5. The van der Waals surface area contributed by atoms with E-state index in [0.717, 1.165) is 0 Å². The van der Waals surface area contributed by atoms with E-state index >= 15 is 0 Å². The second-order valence-corrected chi connectivity index (χ2v) is 3.69. The standard InChI is InChI=1S/C11H7Cl2NO/c12-8-1-3-9(4-2-8)15-10-5-6-14-11(13)7-10/h1-7H. The van der Waals surface area contributed by atoms with E-state index in [0.29, 0.717) is 21.7 Å². The van der Waals surface area contributed by atoms with E-state index in [1.807, 2.05) is 0 Å². The quantitative estimate of drug-likeness (QED) is 0.734. The van der Waals surface area contributed by atoms with Crippen LogP contribution >= 0.6 is 23.2 Å².